The van der Waals surface area contributed by atoms with E-state index in [1.54, 1.807) is 0 Å². The van der Waals surface area contributed by atoms with Crippen molar-refractivity contribution in [3.05, 3.63) is 200 Å². The summed E-state index contributed by atoms with van der Waals surface area (Å²) in [5, 5.41) is 7.32. The smallest absolute Gasteiger partial charge is 0.137 e. The minimum atomic E-state index is 0.875. The average molecular weight is 720 g/mol. The van der Waals surface area contributed by atoms with Crippen LogP contribution in [-0.4, -0.2) is 0 Å². The molecule has 11 aromatic rings. The maximum Gasteiger partial charge on any atom is 0.137 e. The lowest BCUT2D eigenvalue weighted by atomic mass is 9.97. The van der Waals surface area contributed by atoms with Crippen molar-refractivity contribution in [2.75, 3.05) is 4.90 Å². The highest BCUT2D eigenvalue weighted by Crippen LogP contribution is 2.49. The predicted molar refractivity (Wildman–Crippen MR) is 235 cm³/mol. The summed E-state index contributed by atoms with van der Waals surface area (Å²) in [5.41, 5.74) is 12.3. The lowest BCUT2D eigenvalue weighted by Gasteiger charge is -2.27. The zero-order chi connectivity index (χ0) is 36.3. The van der Waals surface area contributed by atoms with Gasteiger partial charge in [0.1, 0.15) is 11.2 Å². The van der Waals surface area contributed by atoms with Crippen LogP contribution in [0.15, 0.2) is 205 Å². The van der Waals surface area contributed by atoms with E-state index in [0.29, 0.717) is 0 Å². The summed E-state index contributed by atoms with van der Waals surface area (Å²) in [6.07, 6.45) is 0. The zero-order valence-electron chi connectivity index (χ0n) is 29.8. The summed E-state index contributed by atoms with van der Waals surface area (Å²) < 4.78 is 8.97. The van der Waals surface area contributed by atoms with Crippen molar-refractivity contribution >= 4 is 81.3 Å². The van der Waals surface area contributed by atoms with Crippen LogP contribution in [0.4, 0.5) is 17.1 Å². The van der Waals surface area contributed by atoms with E-state index in [0.717, 1.165) is 39.0 Å². The number of benzene rings is 9. The van der Waals surface area contributed by atoms with Crippen molar-refractivity contribution in [1.82, 2.24) is 0 Å². The Morgan fingerprint density at radius 1 is 0.382 bits per heavy atom. The van der Waals surface area contributed by atoms with E-state index < -0.39 is 0 Å². The van der Waals surface area contributed by atoms with Crippen molar-refractivity contribution in [3.63, 3.8) is 0 Å². The van der Waals surface area contributed by atoms with Gasteiger partial charge < -0.3 is 9.32 Å². The van der Waals surface area contributed by atoms with Gasteiger partial charge in [-0.05, 0) is 92.7 Å². The molecule has 0 bridgehead atoms. The minimum Gasteiger partial charge on any atom is -0.456 e. The van der Waals surface area contributed by atoms with E-state index in [9.17, 15) is 0 Å². The second kappa shape index (κ2) is 12.9. The summed E-state index contributed by atoms with van der Waals surface area (Å²) in [6, 6.07) is 72.2. The number of thiophene rings is 1. The molecule has 258 valence electrons. The number of para-hydroxylation sites is 1. The molecule has 0 saturated carbocycles. The second-order valence-corrected chi connectivity index (χ2v) is 15.2. The molecule has 11 rings (SSSR count). The number of hydrogen-bond donors (Lipinski definition) is 0. The van der Waals surface area contributed by atoms with Crippen LogP contribution in [0, 0.1) is 0 Å². The normalized spacial score (nSPS) is 11.6. The Hall–Kier alpha value is -6.94. The molecule has 3 heteroatoms. The molecular formula is C52H33NOS. The lowest BCUT2D eigenvalue weighted by Crippen LogP contribution is -2.10. The van der Waals surface area contributed by atoms with E-state index >= 15 is 0 Å². The van der Waals surface area contributed by atoms with Crippen molar-refractivity contribution < 1.29 is 4.42 Å². The van der Waals surface area contributed by atoms with Gasteiger partial charge in [0.25, 0.3) is 0 Å². The largest absolute Gasteiger partial charge is 0.456 e. The third kappa shape index (κ3) is 5.40. The number of anilines is 3. The van der Waals surface area contributed by atoms with Crippen molar-refractivity contribution in [3.8, 4) is 33.4 Å². The van der Waals surface area contributed by atoms with E-state index in [1.165, 1.54) is 64.3 Å². The highest BCUT2D eigenvalue weighted by atomic mass is 32.1. The molecule has 0 spiro atoms. The first kappa shape index (κ1) is 31.6. The predicted octanol–water partition coefficient (Wildman–Crippen LogP) is 15.6. The Bertz CT molecular complexity index is 3190. The van der Waals surface area contributed by atoms with Gasteiger partial charge in [-0.25, -0.2) is 0 Å². The molecule has 0 radical (unpaired) electrons. The molecule has 0 aliphatic carbocycles. The van der Waals surface area contributed by atoms with E-state index in [-0.39, 0.29) is 0 Å². The maximum absolute atomic E-state index is 6.44. The highest BCUT2D eigenvalue weighted by molar-refractivity contribution is 7.26. The van der Waals surface area contributed by atoms with Gasteiger partial charge in [-0.15, -0.1) is 11.3 Å². The van der Waals surface area contributed by atoms with Crippen LogP contribution in [0.3, 0.4) is 0 Å². The third-order valence-electron chi connectivity index (χ3n) is 10.9. The molecular weight excluding hydrogens is 687 g/mol. The molecule has 0 unspecified atom stereocenters. The monoisotopic (exact) mass is 719 g/mol. The van der Waals surface area contributed by atoms with Gasteiger partial charge in [-0.3, -0.25) is 0 Å². The summed E-state index contributed by atoms with van der Waals surface area (Å²) in [4.78, 5) is 2.39. The molecule has 0 fully saturated rings. The quantitative estimate of drug-likeness (QED) is 0.170. The molecule has 0 amide bonds. The summed E-state index contributed by atoms with van der Waals surface area (Å²) in [6.45, 7) is 0. The lowest BCUT2D eigenvalue weighted by molar-refractivity contribution is 0.669. The Balaban J connectivity index is 1.05. The Kier molecular flexibility index (Phi) is 7.39. The highest BCUT2D eigenvalue weighted by Gasteiger charge is 2.22. The van der Waals surface area contributed by atoms with Gasteiger partial charge in [0, 0.05) is 43.7 Å². The van der Waals surface area contributed by atoms with Crippen LogP contribution in [0.5, 0.6) is 0 Å². The number of rotatable bonds is 6. The number of furan rings is 1. The van der Waals surface area contributed by atoms with Crippen LogP contribution in [-0.2, 0) is 0 Å². The molecule has 0 N–H and O–H groups in total. The molecule has 0 aliphatic heterocycles. The molecule has 0 saturated heterocycles. The molecule has 0 aliphatic rings. The molecule has 55 heavy (non-hydrogen) atoms. The molecule has 0 atom stereocenters. The van der Waals surface area contributed by atoms with E-state index in [4.69, 9.17) is 4.42 Å². The van der Waals surface area contributed by atoms with Crippen LogP contribution in [0.1, 0.15) is 0 Å². The Morgan fingerprint density at radius 2 is 1.00 bits per heavy atom. The van der Waals surface area contributed by atoms with E-state index in [1.807, 2.05) is 23.5 Å². The van der Waals surface area contributed by atoms with Gasteiger partial charge in [0.2, 0.25) is 0 Å². The Labute approximate surface area is 322 Å². The fourth-order valence-corrected chi connectivity index (χ4v) is 9.39. The standard InChI is InChI=1S/C52H33NOS/c1-2-11-38(12-3-1)43-30-31-47(52-51(43)46-15-7-9-17-50(46)55-52)53(42-28-29-45-44-14-6-8-16-48(44)54-49(45)33-42)41-26-24-36(25-27-41)35-18-20-37(21-19-35)40-23-22-34-10-4-5-13-39(34)32-40/h1-33H. The van der Waals surface area contributed by atoms with Gasteiger partial charge in [-0.2, -0.15) is 0 Å². The van der Waals surface area contributed by atoms with Crippen LogP contribution >= 0.6 is 11.3 Å². The summed E-state index contributed by atoms with van der Waals surface area (Å²) >= 11 is 1.86. The van der Waals surface area contributed by atoms with Crippen molar-refractivity contribution in [1.29, 1.82) is 0 Å². The van der Waals surface area contributed by atoms with Crippen LogP contribution < -0.4 is 4.90 Å². The van der Waals surface area contributed by atoms with Crippen molar-refractivity contribution in [2.24, 2.45) is 0 Å². The van der Waals surface area contributed by atoms with E-state index in [2.05, 4.69) is 193 Å². The average Bonchev–Trinajstić information content (AvgIpc) is 3.83. The van der Waals surface area contributed by atoms with Crippen LogP contribution in [0.2, 0.25) is 0 Å². The second-order valence-electron chi connectivity index (χ2n) is 14.1. The third-order valence-corrected chi connectivity index (χ3v) is 12.1. The first-order valence-corrected chi connectivity index (χ1v) is 19.5. The number of fused-ring (bicyclic) bond motifs is 7. The first-order chi connectivity index (χ1) is 27.2. The van der Waals surface area contributed by atoms with Crippen molar-refractivity contribution in [2.45, 2.75) is 0 Å². The van der Waals surface area contributed by atoms with Gasteiger partial charge in [0.15, 0.2) is 0 Å². The number of hydrogen-bond acceptors (Lipinski definition) is 3. The molecule has 2 nitrogen and oxygen atoms in total. The van der Waals surface area contributed by atoms with Gasteiger partial charge in [-0.1, -0.05) is 146 Å². The summed E-state index contributed by atoms with van der Waals surface area (Å²) in [7, 11) is 0. The summed E-state index contributed by atoms with van der Waals surface area (Å²) in [5.74, 6) is 0. The molecule has 2 aromatic heterocycles. The number of nitrogens with zero attached hydrogens (tertiary/aromatic N) is 1. The van der Waals surface area contributed by atoms with Crippen LogP contribution in [0.25, 0.3) is 86.3 Å². The molecule has 9 aromatic carbocycles. The topological polar surface area (TPSA) is 16.4 Å². The first-order valence-electron chi connectivity index (χ1n) is 18.7. The fourth-order valence-electron chi connectivity index (χ4n) is 8.16. The zero-order valence-corrected chi connectivity index (χ0v) is 30.6. The minimum absolute atomic E-state index is 0.875. The Morgan fingerprint density at radius 3 is 1.82 bits per heavy atom. The maximum atomic E-state index is 6.44. The van der Waals surface area contributed by atoms with Gasteiger partial charge in [0.05, 0.1) is 10.4 Å². The molecule has 2 heterocycles. The fraction of sp³-hybridized carbons (Fsp3) is 0. The SMILES string of the molecule is c1ccc(-c2ccc(N(c3ccc(-c4ccc(-c5ccc6ccccc6c5)cc4)cc3)c3ccc4c(c3)oc3ccccc34)c3sc4ccccc4c23)cc1. The van der Waals surface area contributed by atoms with Gasteiger partial charge >= 0.3 is 0 Å².